The second-order valence-corrected chi connectivity index (χ2v) is 8.09. The molecule has 3 unspecified atom stereocenters. The van der Waals surface area contributed by atoms with Gasteiger partial charge < -0.3 is 0 Å². The van der Waals surface area contributed by atoms with E-state index in [2.05, 4.69) is 25.1 Å². The number of hydrogen-bond donors (Lipinski definition) is 1. The first-order valence-corrected chi connectivity index (χ1v) is 11.1. The highest BCUT2D eigenvalue weighted by atomic mass is 32.2. The zero-order chi connectivity index (χ0) is 18.5. The fourth-order valence-electron chi connectivity index (χ4n) is 3.01. The third-order valence-corrected chi connectivity index (χ3v) is 5.65. The van der Waals surface area contributed by atoms with E-state index in [1.807, 2.05) is 18.2 Å². The number of rotatable bonds is 14. The maximum atomic E-state index is 12.1. The van der Waals surface area contributed by atoms with Crippen LogP contribution in [0.3, 0.4) is 0 Å². The predicted octanol–water partition coefficient (Wildman–Crippen LogP) is 5.23. The zero-order valence-corrected chi connectivity index (χ0v) is 16.8. The molecule has 1 aliphatic carbocycles. The lowest BCUT2D eigenvalue weighted by Gasteiger charge is -2.04. The molecular weight excluding hydrogens is 330 g/mol. The summed E-state index contributed by atoms with van der Waals surface area (Å²) in [6.45, 7) is 7.93. The van der Waals surface area contributed by atoms with Gasteiger partial charge in [0.25, 0.3) is 0 Å². The number of amides is 1. The van der Waals surface area contributed by atoms with Crippen LogP contribution in [0.4, 0.5) is 0 Å². The summed E-state index contributed by atoms with van der Waals surface area (Å²) < 4.78 is 14.7. The molecule has 3 nitrogen and oxygen atoms in total. The summed E-state index contributed by atoms with van der Waals surface area (Å²) in [5.41, 5.74) is 1.11. The Balaban J connectivity index is 2.20. The monoisotopic (exact) mass is 365 g/mol. The molecule has 0 aliphatic heterocycles. The average molecular weight is 366 g/mol. The molecule has 0 spiro atoms. The Morgan fingerprint density at radius 3 is 2.60 bits per heavy atom. The molecule has 1 aliphatic rings. The number of hydrogen-bond acceptors (Lipinski definition) is 2. The second kappa shape index (κ2) is 13.1. The van der Waals surface area contributed by atoms with E-state index in [-0.39, 0.29) is 11.8 Å². The molecule has 0 aromatic rings. The number of carbonyl (C=O) groups is 1. The van der Waals surface area contributed by atoms with Gasteiger partial charge in [0.15, 0.2) is 0 Å². The van der Waals surface area contributed by atoms with Crippen molar-refractivity contribution in [1.29, 1.82) is 0 Å². The Bertz CT molecular complexity index is 496. The summed E-state index contributed by atoms with van der Waals surface area (Å²) in [7, 11) is -1.32. The molecule has 1 amide bonds. The number of carbonyl (C=O) groups excluding carboxylic acids is 1. The molecule has 0 aromatic heterocycles. The molecule has 0 aromatic carbocycles. The molecule has 1 N–H and O–H groups in total. The molecule has 4 heteroatoms. The van der Waals surface area contributed by atoms with Crippen LogP contribution in [0.2, 0.25) is 0 Å². The molecule has 3 atom stereocenters. The number of nitrogens with one attached hydrogen (secondary N) is 1. The van der Waals surface area contributed by atoms with Gasteiger partial charge in [0, 0.05) is 5.92 Å². The minimum atomic E-state index is -1.32. The van der Waals surface area contributed by atoms with E-state index in [9.17, 15) is 9.00 Å². The Morgan fingerprint density at radius 2 is 1.92 bits per heavy atom. The highest BCUT2D eigenvalue weighted by Gasteiger charge is 2.42. The van der Waals surface area contributed by atoms with Crippen LogP contribution in [-0.4, -0.2) is 15.9 Å². The summed E-state index contributed by atoms with van der Waals surface area (Å²) in [5.74, 6) is 0.948. The summed E-state index contributed by atoms with van der Waals surface area (Å²) >= 11 is 0. The molecule has 0 saturated heterocycles. The van der Waals surface area contributed by atoms with E-state index in [0.29, 0.717) is 11.7 Å². The largest absolute Gasteiger partial charge is 0.275 e. The summed E-state index contributed by atoms with van der Waals surface area (Å²) in [6, 6.07) is 0. The van der Waals surface area contributed by atoms with Gasteiger partial charge >= 0.3 is 0 Å². The van der Waals surface area contributed by atoms with Crippen molar-refractivity contribution in [3.8, 4) is 0 Å². The van der Waals surface area contributed by atoms with E-state index < -0.39 is 11.0 Å². The third kappa shape index (κ3) is 9.78. The molecule has 1 rings (SSSR count). The second-order valence-electron chi connectivity index (χ2n) is 6.86. The SMILES string of the molecule is C=C/C=C\C(=C\CS(=O)NC(=O)C1CC1CCCCCCCC)CC. The van der Waals surface area contributed by atoms with Gasteiger partial charge in [-0.25, -0.2) is 4.21 Å². The van der Waals surface area contributed by atoms with Crippen molar-refractivity contribution < 1.29 is 9.00 Å². The van der Waals surface area contributed by atoms with Crippen LogP contribution in [0.1, 0.15) is 71.6 Å². The Hall–Kier alpha value is -1.16. The van der Waals surface area contributed by atoms with Crippen LogP contribution in [0.5, 0.6) is 0 Å². The van der Waals surface area contributed by atoms with Crippen LogP contribution in [0.25, 0.3) is 0 Å². The lowest BCUT2D eigenvalue weighted by molar-refractivity contribution is -0.120. The molecule has 1 saturated carbocycles. The molecule has 0 bridgehead atoms. The maximum Gasteiger partial charge on any atom is 0.235 e. The van der Waals surface area contributed by atoms with Crippen molar-refractivity contribution in [2.24, 2.45) is 11.8 Å². The molecule has 25 heavy (non-hydrogen) atoms. The van der Waals surface area contributed by atoms with Gasteiger partial charge in [-0.2, -0.15) is 0 Å². The fraction of sp³-hybridized carbons (Fsp3) is 0.667. The quantitative estimate of drug-likeness (QED) is 0.338. The fourth-order valence-corrected chi connectivity index (χ4v) is 3.83. The van der Waals surface area contributed by atoms with E-state index in [1.54, 1.807) is 6.08 Å². The van der Waals surface area contributed by atoms with Crippen LogP contribution >= 0.6 is 0 Å². The van der Waals surface area contributed by atoms with Crippen LogP contribution in [-0.2, 0) is 15.8 Å². The van der Waals surface area contributed by atoms with Crippen LogP contribution < -0.4 is 4.72 Å². The van der Waals surface area contributed by atoms with E-state index >= 15 is 0 Å². The number of allylic oxidation sites excluding steroid dienone is 4. The highest BCUT2D eigenvalue weighted by molar-refractivity contribution is 7.83. The topological polar surface area (TPSA) is 46.2 Å². The molecular formula is C21H35NO2S. The van der Waals surface area contributed by atoms with Crippen molar-refractivity contribution in [2.45, 2.75) is 71.6 Å². The van der Waals surface area contributed by atoms with E-state index in [0.717, 1.165) is 24.8 Å². The molecule has 0 heterocycles. The summed E-state index contributed by atoms with van der Waals surface area (Å²) in [4.78, 5) is 12.1. The van der Waals surface area contributed by atoms with Crippen molar-refractivity contribution in [3.05, 3.63) is 36.5 Å². The minimum absolute atomic E-state index is 0.0256. The normalized spacial score (nSPS) is 21.3. The molecule has 1 fully saturated rings. The third-order valence-electron chi connectivity index (χ3n) is 4.75. The van der Waals surface area contributed by atoms with Gasteiger partial charge in [-0.3, -0.25) is 9.52 Å². The van der Waals surface area contributed by atoms with Gasteiger partial charge in [-0.15, -0.1) is 0 Å². The van der Waals surface area contributed by atoms with Crippen molar-refractivity contribution >= 4 is 16.9 Å². The standard InChI is InChI=1S/C21H35NO2S/c1-4-7-9-10-11-12-14-19-17-20(19)21(23)22-25(24)16-15-18(6-3)13-8-5-2/h5,8,13,15,19-20H,2,4,6-7,9-12,14,16-17H2,1,3H3,(H,22,23)/b13-8-,18-15+. The zero-order valence-electron chi connectivity index (χ0n) is 16.0. The van der Waals surface area contributed by atoms with Gasteiger partial charge in [0.2, 0.25) is 5.91 Å². The van der Waals surface area contributed by atoms with Gasteiger partial charge in [0.05, 0.1) is 5.75 Å². The van der Waals surface area contributed by atoms with Crippen LogP contribution in [0.15, 0.2) is 36.5 Å². The lowest BCUT2D eigenvalue weighted by atomic mass is 10.1. The lowest BCUT2D eigenvalue weighted by Crippen LogP contribution is -2.29. The molecule has 0 radical (unpaired) electrons. The molecule has 142 valence electrons. The van der Waals surface area contributed by atoms with Crippen molar-refractivity contribution in [2.75, 3.05) is 5.75 Å². The summed E-state index contributed by atoms with van der Waals surface area (Å²) in [5, 5.41) is 0. The Labute approximate surface area is 156 Å². The van der Waals surface area contributed by atoms with Gasteiger partial charge in [-0.05, 0) is 25.2 Å². The predicted molar refractivity (Wildman–Crippen MR) is 108 cm³/mol. The minimum Gasteiger partial charge on any atom is -0.275 e. The van der Waals surface area contributed by atoms with Crippen LogP contribution in [0, 0.1) is 11.8 Å². The van der Waals surface area contributed by atoms with Gasteiger partial charge in [-0.1, -0.05) is 88.8 Å². The highest BCUT2D eigenvalue weighted by Crippen LogP contribution is 2.42. The smallest absolute Gasteiger partial charge is 0.235 e. The van der Waals surface area contributed by atoms with E-state index in [1.165, 1.54) is 38.5 Å². The maximum absolute atomic E-state index is 12.1. The van der Waals surface area contributed by atoms with Crippen molar-refractivity contribution in [1.82, 2.24) is 4.72 Å². The first-order chi connectivity index (χ1) is 12.1. The van der Waals surface area contributed by atoms with E-state index in [4.69, 9.17) is 0 Å². The van der Waals surface area contributed by atoms with Gasteiger partial charge in [0.1, 0.15) is 11.0 Å². The summed E-state index contributed by atoms with van der Waals surface area (Å²) in [6.07, 6.45) is 18.2. The Morgan fingerprint density at radius 1 is 1.20 bits per heavy atom. The Kier molecular flexibility index (Phi) is 11.5. The average Bonchev–Trinajstić information content (AvgIpc) is 3.38. The first-order valence-electron chi connectivity index (χ1n) is 9.79. The van der Waals surface area contributed by atoms with Crippen molar-refractivity contribution in [3.63, 3.8) is 0 Å². The number of unbranched alkanes of at least 4 members (excludes halogenated alkanes) is 5. The first kappa shape index (κ1) is 21.9.